The van der Waals surface area contributed by atoms with E-state index in [4.69, 9.17) is 11.6 Å². The number of amides is 3. The molecule has 220 valence electrons. The number of rotatable bonds is 3. The van der Waals surface area contributed by atoms with Crippen LogP contribution in [0.15, 0.2) is 77.7 Å². The number of alkyl halides is 3. The van der Waals surface area contributed by atoms with Gasteiger partial charge in [-0.2, -0.15) is 13.2 Å². The molecule has 2 aliphatic heterocycles. The molecule has 4 aromatic rings. The van der Waals surface area contributed by atoms with Gasteiger partial charge < -0.3 is 15.7 Å². The van der Waals surface area contributed by atoms with Gasteiger partial charge in [0.1, 0.15) is 11.6 Å². The largest absolute Gasteiger partial charge is 0.423 e. The second-order valence-corrected chi connectivity index (χ2v) is 10.4. The van der Waals surface area contributed by atoms with Gasteiger partial charge in [-0.15, -0.1) is 0 Å². The van der Waals surface area contributed by atoms with Crippen LogP contribution in [0, 0.1) is 11.6 Å². The molecule has 0 saturated carbocycles. The number of carbonyl (C=O) groups excluding carboxylic acids is 2. The molecule has 0 unspecified atom stereocenters. The summed E-state index contributed by atoms with van der Waals surface area (Å²) >= 11 is 6.32. The maximum absolute atomic E-state index is 14.2. The smallest absolute Gasteiger partial charge is 0.375 e. The third-order valence-electron chi connectivity index (χ3n) is 7.38. The Labute approximate surface area is 243 Å². The Morgan fingerprint density at radius 3 is 2.47 bits per heavy atom. The molecule has 14 heteroatoms. The first-order valence-electron chi connectivity index (χ1n) is 12.6. The van der Waals surface area contributed by atoms with E-state index in [0.29, 0.717) is 11.0 Å². The number of aromatic nitrogens is 1. The molecule has 6 rings (SSSR count). The lowest BCUT2D eigenvalue weighted by Crippen LogP contribution is -2.48. The van der Waals surface area contributed by atoms with Gasteiger partial charge in [-0.25, -0.2) is 13.6 Å². The topological polar surface area (TPSA) is 104 Å². The van der Waals surface area contributed by atoms with E-state index < -0.39 is 64.7 Å². The summed E-state index contributed by atoms with van der Waals surface area (Å²) in [6.45, 7) is -1.29. The van der Waals surface area contributed by atoms with Gasteiger partial charge in [0.2, 0.25) is 5.60 Å². The lowest BCUT2D eigenvalue weighted by molar-refractivity contribution is -0.258. The van der Waals surface area contributed by atoms with Crippen LogP contribution >= 0.6 is 11.6 Å². The summed E-state index contributed by atoms with van der Waals surface area (Å²) in [5.74, 6) is -2.38. The van der Waals surface area contributed by atoms with Crippen LogP contribution in [-0.4, -0.2) is 34.3 Å². The lowest BCUT2D eigenvalue weighted by atomic mass is 9.95. The fourth-order valence-corrected chi connectivity index (χ4v) is 5.58. The number of carbonyl (C=O) groups is 2. The third kappa shape index (κ3) is 4.61. The Morgan fingerprint density at radius 1 is 1.02 bits per heavy atom. The first-order valence-corrected chi connectivity index (χ1v) is 13.0. The minimum Gasteiger partial charge on any atom is -0.375 e. The fourth-order valence-electron chi connectivity index (χ4n) is 5.35. The van der Waals surface area contributed by atoms with E-state index >= 15 is 0 Å². The summed E-state index contributed by atoms with van der Waals surface area (Å²) in [6, 6.07) is 10.4. The molecule has 2 atom stereocenters. The van der Waals surface area contributed by atoms with Crippen molar-refractivity contribution in [1.29, 1.82) is 0 Å². The van der Waals surface area contributed by atoms with Crippen LogP contribution in [0.25, 0.3) is 5.69 Å². The average molecular weight is 617 g/mol. The van der Waals surface area contributed by atoms with Crippen molar-refractivity contribution in [3.63, 3.8) is 0 Å². The average Bonchev–Trinajstić information content (AvgIpc) is 3.45. The van der Waals surface area contributed by atoms with Crippen molar-refractivity contribution in [3.8, 4) is 5.69 Å². The van der Waals surface area contributed by atoms with Gasteiger partial charge in [-0.05, 0) is 54.6 Å². The summed E-state index contributed by atoms with van der Waals surface area (Å²) < 4.78 is 71.3. The number of benzene rings is 3. The number of hydrogen-bond acceptors (Lipinski definition) is 4. The molecule has 3 N–H and O–H groups in total. The Kier molecular flexibility index (Phi) is 6.54. The number of hydrogen-bond donors (Lipinski definition) is 3. The molecular weight excluding hydrogens is 599 g/mol. The minimum atomic E-state index is -5.27. The monoisotopic (exact) mass is 616 g/mol. The van der Waals surface area contributed by atoms with E-state index in [1.807, 2.05) is 0 Å². The quantitative estimate of drug-likeness (QED) is 0.268. The predicted octanol–water partition coefficient (Wildman–Crippen LogP) is 5.40. The number of aliphatic hydroxyl groups is 1. The molecule has 0 spiro atoms. The Morgan fingerprint density at radius 2 is 1.74 bits per heavy atom. The molecule has 8 nitrogen and oxygen atoms in total. The van der Waals surface area contributed by atoms with Crippen LogP contribution in [0.4, 0.5) is 38.1 Å². The molecule has 0 bridgehead atoms. The van der Waals surface area contributed by atoms with Crippen LogP contribution < -0.4 is 21.1 Å². The highest BCUT2D eigenvalue weighted by atomic mass is 35.5. The summed E-state index contributed by atoms with van der Waals surface area (Å²) in [6.07, 6.45) is -3.87. The van der Waals surface area contributed by atoms with Gasteiger partial charge in [0, 0.05) is 39.5 Å². The highest BCUT2D eigenvalue weighted by Crippen LogP contribution is 2.49. The molecule has 0 radical (unpaired) electrons. The number of fused-ring (bicyclic) bond motifs is 2. The second-order valence-electron chi connectivity index (χ2n) is 9.97. The Hall–Kier alpha value is -4.75. The van der Waals surface area contributed by atoms with Gasteiger partial charge in [-0.1, -0.05) is 17.7 Å². The zero-order valence-corrected chi connectivity index (χ0v) is 22.3. The van der Waals surface area contributed by atoms with Crippen molar-refractivity contribution < 1.29 is 36.6 Å². The molecule has 0 fully saturated rings. The number of anilines is 2. The highest BCUT2D eigenvalue weighted by molar-refractivity contribution is 6.31. The second kappa shape index (κ2) is 9.92. The lowest BCUT2D eigenvalue weighted by Gasteiger charge is -2.27. The molecule has 0 aliphatic carbocycles. The molecule has 3 amide bonds. The first-order chi connectivity index (χ1) is 20.3. The molecule has 3 heterocycles. The van der Waals surface area contributed by atoms with Crippen molar-refractivity contribution in [2.45, 2.75) is 17.8 Å². The number of nitrogens with zero attached hydrogens (tertiary/aromatic N) is 2. The summed E-state index contributed by atoms with van der Waals surface area (Å²) in [5.41, 5.74) is -5.11. The normalized spacial score (nSPS) is 19.2. The fraction of sp³-hybridized carbons (Fsp3) is 0.138. The maximum atomic E-state index is 14.2. The van der Waals surface area contributed by atoms with Crippen LogP contribution in [0.5, 0.6) is 0 Å². The molecule has 0 saturated heterocycles. The van der Waals surface area contributed by atoms with E-state index in [1.54, 1.807) is 6.07 Å². The minimum absolute atomic E-state index is 0.0235. The van der Waals surface area contributed by atoms with Gasteiger partial charge in [0.25, 0.3) is 11.5 Å². The molecule has 3 aromatic carbocycles. The Bertz CT molecular complexity index is 1900. The Balaban J connectivity index is 1.50. The number of urea groups is 1. The van der Waals surface area contributed by atoms with Gasteiger partial charge >= 0.3 is 12.2 Å². The number of halogens is 6. The first kappa shape index (κ1) is 28.4. The maximum Gasteiger partial charge on any atom is 0.423 e. The standard InChI is InChI=1S/C29H18ClF5N4O4/c30-20-6-4-14(31)9-17(20)25-24-18(26(41)37-25)11-16(38-8-2-1-3-23(38)40)12-21(24)36-27(42)39-13-28(43,29(33,34)35)19-10-15(32)5-7-22(19)39/h1-12,25,43H,13H2,(H,36,42)(H,37,41)/t25-,28-/m0/s1. The van der Waals surface area contributed by atoms with Crippen LogP contribution in [0.2, 0.25) is 5.02 Å². The van der Waals surface area contributed by atoms with Crippen molar-refractivity contribution in [3.05, 3.63) is 122 Å². The summed E-state index contributed by atoms with van der Waals surface area (Å²) in [7, 11) is 0. The van der Waals surface area contributed by atoms with E-state index in [-0.39, 0.29) is 33.1 Å². The highest BCUT2D eigenvalue weighted by Gasteiger charge is 2.61. The van der Waals surface area contributed by atoms with Gasteiger partial charge in [-0.3, -0.25) is 19.1 Å². The van der Waals surface area contributed by atoms with Crippen LogP contribution in [0.1, 0.15) is 33.1 Å². The molecule has 43 heavy (non-hydrogen) atoms. The van der Waals surface area contributed by atoms with Crippen LogP contribution in [0.3, 0.4) is 0 Å². The van der Waals surface area contributed by atoms with Crippen molar-refractivity contribution >= 4 is 34.9 Å². The van der Waals surface area contributed by atoms with Gasteiger partial charge in [0.15, 0.2) is 0 Å². The van der Waals surface area contributed by atoms with E-state index in [0.717, 1.165) is 24.3 Å². The number of pyridine rings is 1. The van der Waals surface area contributed by atoms with Crippen molar-refractivity contribution in [2.24, 2.45) is 0 Å². The SMILES string of the molecule is O=C1N[C@@H](c2cc(F)ccc2Cl)c2c(NC(=O)N3C[C@@](O)(C(F)(F)F)c4cc(F)ccc43)cc(-n3ccccc3=O)cc21. The van der Waals surface area contributed by atoms with E-state index in [2.05, 4.69) is 10.6 Å². The predicted molar refractivity (Wildman–Crippen MR) is 145 cm³/mol. The van der Waals surface area contributed by atoms with E-state index in [9.17, 15) is 41.4 Å². The molecule has 1 aromatic heterocycles. The number of nitrogens with one attached hydrogen (secondary N) is 2. The molecular formula is C29H18ClF5N4O4. The summed E-state index contributed by atoms with van der Waals surface area (Å²) in [4.78, 5) is 39.9. The zero-order valence-electron chi connectivity index (χ0n) is 21.5. The number of β-amino-alcohol motifs (C(OH)–C–C–N with tert-alkyl or cyclic N) is 1. The summed E-state index contributed by atoms with van der Waals surface area (Å²) in [5, 5.41) is 15.8. The zero-order chi connectivity index (χ0) is 30.8. The molecule has 2 aliphatic rings. The van der Waals surface area contributed by atoms with Crippen LogP contribution in [-0.2, 0) is 5.60 Å². The van der Waals surface area contributed by atoms with Crippen molar-refractivity contribution in [1.82, 2.24) is 9.88 Å². The van der Waals surface area contributed by atoms with Gasteiger partial charge in [0.05, 0.1) is 29.6 Å². The van der Waals surface area contributed by atoms with Crippen molar-refractivity contribution in [2.75, 3.05) is 16.8 Å². The third-order valence-corrected chi connectivity index (χ3v) is 7.73. The van der Waals surface area contributed by atoms with E-state index in [1.165, 1.54) is 41.1 Å².